The summed E-state index contributed by atoms with van der Waals surface area (Å²) >= 11 is 0. The van der Waals surface area contributed by atoms with Crippen molar-refractivity contribution in [3.63, 3.8) is 0 Å². The number of aryl methyl sites for hydroxylation is 1. The maximum atomic E-state index is 12.8. The van der Waals surface area contributed by atoms with Crippen LogP contribution in [0.1, 0.15) is 25.1 Å². The third-order valence-corrected chi connectivity index (χ3v) is 6.06. The molecule has 2 aromatic heterocycles. The van der Waals surface area contributed by atoms with Crippen LogP contribution in [0, 0.1) is 0 Å². The quantitative estimate of drug-likeness (QED) is 0.647. The van der Waals surface area contributed by atoms with Crippen LogP contribution < -0.4 is 9.80 Å². The van der Waals surface area contributed by atoms with Gasteiger partial charge in [0.1, 0.15) is 5.82 Å². The molecule has 2 aliphatic heterocycles. The Labute approximate surface area is 176 Å². The van der Waals surface area contributed by atoms with Crippen LogP contribution in [0.2, 0.25) is 0 Å². The molecule has 5 rings (SSSR count). The minimum Gasteiger partial charge on any atom is -0.368 e. The van der Waals surface area contributed by atoms with E-state index in [-0.39, 0.29) is 5.91 Å². The predicted molar refractivity (Wildman–Crippen MR) is 116 cm³/mol. The lowest BCUT2D eigenvalue weighted by molar-refractivity contribution is -0.131. The summed E-state index contributed by atoms with van der Waals surface area (Å²) in [7, 11) is 0. The number of rotatable bonds is 5. The van der Waals surface area contributed by atoms with Gasteiger partial charge in [-0.05, 0) is 37.1 Å². The Morgan fingerprint density at radius 2 is 1.60 bits per heavy atom. The highest BCUT2D eigenvalue weighted by Crippen LogP contribution is 2.19. The monoisotopic (exact) mass is 405 g/mol. The first-order valence-electron chi connectivity index (χ1n) is 10.8. The van der Waals surface area contributed by atoms with Gasteiger partial charge >= 0.3 is 0 Å². The van der Waals surface area contributed by atoms with Gasteiger partial charge < -0.3 is 14.7 Å². The number of fused-ring (bicyclic) bond motifs is 1. The highest BCUT2D eigenvalue weighted by Gasteiger charge is 2.22. The summed E-state index contributed by atoms with van der Waals surface area (Å²) in [6, 6.07) is 14.4. The molecule has 156 valence electrons. The Balaban J connectivity index is 1.19. The molecule has 0 bridgehead atoms. The van der Waals surface area contributed by atoms with Crippen LogP contribution in [0.5, 0.6) is 0 Å². The van der Waals surface area contributed by atoms with Gasteiger partial charge in [-0.3, -0.25) is 4.79 Å². The average molecular weight is 406 g/mol. The van der Waals surface area contributed by atoms with Crippen molar-refractivity contribution in [1.82, 2.24) is 24.7 Å². The molecule has 0 unspecified atom stereocenters. The van der Waals surface area contributed by atoms with E-state index in [1.54, 1.807) is 4.52 Å². The third kappa shape index (κ3) is 3.81. The molecule has 30 heavy (non-hydrogen) atoms. The molecule has 8 nitrogen and oxygen atoms in total. The minimum absolute atomic E-state index is 0.176. The standard InChI is InChI=1S/C22H27N7O/c30-22(28-16-14-26(15-17-28)18-6-2-1-3-7-18)11-10-20-24-23-19-8-9-21(25-29(19)20)27-12-4-5-13-27/h1-3,6-9H,4-5,10-17H2. The van der Waals surface area contributed by atoms with Gasteiger partial charge in [0, 0.05) is 57.8 Å². The summed E-state index contributed by atoms with van der Waals surface area (Å²) in [5.74, 6) is 1.89. The number of amides is 1. The van der Waals surface area contributed by atoms with Gasteiger partial charge in [-0.2, -0.15) is 4.52 Å². The van der Waals surface area contributed by atoms with E-state index in [1.807, 2.05) is 23.1 Å². The van der Waals surface area contributed by atoms with E-state index in [1.165, 1.54) is 18.5 Å². The topological polar surface area (TPSA) is 69.9 Å². The summed E-state index contributed by atoms with van der Waals surface area (Å²) in [4.78, 5) is 19.4. The van der Waals surface area contributed by atoms with E-state index >= 15 is 0 Å². The molecule has 3 aromatic rings. The zero-order valence-corrected chi connectivity index (χ0v) is 17.2. The van der Waals surface area contributed by atoms with Crippen LogP contribution in [0.4, 0.5) is 11.5 Å². The Morgan fingerprint density at radius 1 is 0.833 bits per heavy atom. The maximum Gasteiger partial charge on any atom is 0.223 e. The summed E-state index contributed by atoms with van der Waals surface area (Å²) in [6.45, 7) is 5.33. The van der Waals surface area contributed by atoms with Crippen molar-refractivity contribution in [2.24, 2.45) is 0 Å². The molecule has 1 aromatic carbocycles. The smallest absolute Gasteiger partial charge is 0.223 e. The highest BCUT2D eigenvalue weighted by atomic mass is 16.2. The largest absolute Gasteiger partial charge is 0.368 e. The molecule has 0 atom stereocenters. The number of nitrogens with zero attached hydrogens (tertiary/aromatic N) is 7. The van der Waals surface area contributed by atoms with Crippen molar-refractivity contribution in [3.8, 4) is 0 Å². The fourth-order valence-electron chi connectivity index (χ4n) is 4.32. The van der Waals surface area contributed by atoms with Crippen LogP contribution in [0.15, 0.2) is 42.5 Å². The zero-order valence-electron chi connectivity index (χ0n) is 17.2. The Kier molecular flexibility index (Phi) is 5.21. The lowest BCUT2D eigenvalue weighted by Gasteiger charge is -2.36. The van der Waals surface area contributed by atoms with E-state index in [0.29, 0.717) is 12.8 Å². The molecular weight excluding hydrogens is 378 g/mol. The first-order valence-corrected chi connectivity index (χ1v) is 10.8. The number of carbonyl (C=O) groups excluding carboxylic acids is 1. The average Bonchev–Trinajstić information content (AvgIpc) is 3.48. The highest BCUT2D eigenvalue weighted by molar-refractivity contribution is 5.76. The van der Waals surface area contributed by atoms with E-state index in [2.05, 4.69) is 44.3 Å². The minimum atomic E-state index is 0.176. The summed E-state index contributed by atoms with van der Waals surface area (Å²) < 4.78 is 1.80. The molecule has 0 spiro atoms. The fourth-order valence-corrected chi connectivity index (χ4v) is 4.32. The second-order valence-corrected chi connectivity index (χ2v) is 7.98. The van der Waals surface area contributed by atoms with Gasteiger partial charge in [-0.1, -0.05) is 18.2 Å². The zero-order chi connectivity index (χ0) is 20.3. The molecule has 2 fully saturated rings. The van der Waals surface area contributed by atoms with Gasteiger partial charge in [0.15, 0.2) is 11.5 Å². The Bertz CT molecular complexity index is 1000. The first-order chi connectivity index (χ1) is 14.8. The molecule has 0 radical (unpaired) electrons. The molecule has 0 aliphatic carbocycles. The van der Waals surface area contributed by atoms with E-state index in [9.17, 15) is 4.79 Å². The molecule has 8 heteroatoms. The molecule has 0 N–H and O–H groups in total. The van der Waals surface area contributed by atoms with Crippen molar-refractivity contribution in [3.05, 3.63) is 48.3 Å². The van der Waals surface area contributed by atoms with Crippen LogP contribution in [-0.2, 0) is 11.2 Å². The summed E-state index contributed by atoms with van der Waals surface area (Å²) in [5.41, 5.74) is 1.95. The Morgan fingerprint density at radius 3 is 2.37 bits per heavy atom. The molecule has 1 amide bonds. The van der Waals surface area contributed by atoms with Crippen LogP contribution in [0.25, 0.3) is 5.65 Å². The third-order valence-electron chi connectivity index (χ3n) is 6.06. The summed E-state index contributed by atoms with van der Waals surface area (Å²) in [5, 5.41) is 13.2. The van der Waals surface area contributed by atoms with Crippen molar-refractivity contribution in [2.45, 2.75) is 25.7 Å². The van der Waals surface area contributed by atoms with E-state index < -0.39 is 0 Å². The lowest BCUT2D eigenvalue weighted by atomic mass is 10.2. The fraction of sp³-hybridized carbons (Fsp3) is 0.455. The second kappa shape index (κ2) is 8.30. The van der Waals surface area contributed by atoms with Crippen LogP contribution >= 0.6 is 0 Å². The number of hydrogen-bond donors (Lipinski definition) is 0. The van der Waals surface area contributed by atoms with Crippen molar-refractivity contribution < 1.29 is 4.79 Å². The number of benzene rings is 1. The molecular formula is C22H27N7O. The summed E-state index contributed by atoms with van der Waals surface area (Å²) in [6.07, 6.45) is 3.40. The van der Waals surface area contributed by atoms with Gasteiger partial charge in [-0.25, -0.2) is 0 Å². The van der Waals surface area contributed by atoms with Gasteiger partial charge in [-0.15, -0.1) is 15.3 Å². The number of carbonyl (C=O) groups is 1. The number of aromatic nitrogens is 4. The predicted octanol–water partition coefficient (Wildman–Crippen LogP) is 2.01. The SMILES string of the molecule is O=C(CCc1nnc2ccc(N3CCCC3)nn12)N1CCN(c2ccccc2)CC1. The number of piperazine rings is 1. The van der Waals surface area contributed by atoms with Gasteiger partial charge in [0.05, 0.1) is 0 Å². The number of para-hydroxylation sites is 1. The van der Waals surface area contributed by atoms with Gasteiger partial charge in [0.25, 0.3) is 0 Å². The number of hydrogen-bond acceptors (Lipinski definition) is 6. The molecule has 2 saturated heterocycles. The maximum absolute atomic E-state index is 12.8. The van der Waals surface area contributed by atoms with Crippen LogP contribution in [0.3, 0.4) is 0 Å². The van der Waals surface area contributed by atoms with E-state index in [0.717, 1.165) is 56.6 Å². The van der Waals surface area contributed by atoms with Crippen LogP contribution in [-0.4, -0.2) is 69.9 Å². The van der Waals surface area contributed by atoms with E-state index in [4.69, 9.17) is 5.10 Å². The molecule has 0 saturated carbocycles. The molecule has 2 aliphatic rings. The van der Waals surface area contributed by atoms with Crippen molar-refractivity contribution in [2.75, 3.05) is 49.1 Å². The number of anilines is 2. The normalized spacial score (nSPS) is 17.1. The van der Waals surface area contributed by atoms with Gasteiger partial charge in [0.2, 0.25) is 5.91 Å². The molecule has 4 heterocycles. The Hall–Kier alpha value is -3.16. The second-order valence-electron chi connectivity index (χ2n) is 7.98. The first kappa shape index (κ1) is 18.8. The van der Waals surface area contributed by atoms with Crippen molar-refractivity contribution in [1.29, 1.82) is 0 Å². The lowest BCUT2D eigenvalue weighted by Crippen LogP contribution is -2.48. The van der Waals surface area contributed by atoms with Crippen molar-refractivity contribution >= 4 is 23.1 Å².